The van der Waals surface area contributed by atoms with Crippen LogP contribution in [0.25, 0.3) is 5.65 Å². The van der Waals surface area contributed by atoms with Crippen molar-refractivity contribution < 1.29 is 13.3 Å². The van der Waals surface area contributed by atoms with E-state index in [2.05, 4.69) is 17.0 Å². The Morgan fingerprint density at radius 3 is 2.70 bits per heavy atom. The molecule has 4 heterocycles. The topological polar surface area (TPSA) is 72.0 Å². The summed E-state index contributed by atoms with van der Waals surface area (Å²) in [7, 11) is -1.37. The Hall–Kier alpha value is -1.94. The summed E-state index contributed by atoms with van der Waals surface area (Å²) < 4.78 is 29.0. The number of fused-ring (bicyclic) bond motifs is 1. The molecule has 1 N–H and O–H groups in total. The van der Waals surface area contributed by atoms with E-state index >= 15 is 0 Å². The SMILES string of the molecule is C[NH+]1CCN(S(=O)(=O)c2ccc(SCc3cn4ccccc4n3)nc2)CC1. The number of piperazine rings is 1. The van der Waals surface area contributed by atoms with Gasteiger partial charge in [0.25, 0.3) is 0 Å². The smallest absolute Gasteiger partial charge is 0.245 e. The highest BCUT2D eigenvalue weighted by atomic mass is 32.2. The van der Waals surface area contributed by atoms with Crippen LogP contribution < -0.4 is 4.90 Å². The summed E-state index contributed by atoms with van der Waals surface area (Å²) in [6.07, 6.45) is 5.43. The van der Waals surface area contributed by atoms with Crippen LogP contribution in [0, 0.1) is 0 Å². The predicted molar refractivity (Wildman–Crippen MR) is 104 cm³/mol. The van der Waals surface area contributed by atoms with Gasteiger partial charge in [0.1, 0.15) is 10.5 Å². The number of nitrogens with zero attached hydrogens (tertiary/aromatic N) is 4. The molecule has 0 aromatic carbocycles. The number of nitrogens with one attached hydrogen (secondary N) is 1. The Morgan fingerprint density at radius 2 is 2.00 bits per heavy atom. The normalized spacial score (nSPS) is 16.8. The molecule has 0 saturated carbocycles. The lowest BCUT2D eigenvalue weighted by atomic mass is 10.4. The van der Waals surface area contributed by atoms with E-state index < -0.39 is 10.0 Å². The van der Waals surface area contributed by atoms with Crippen LogP contribution in [-0.2, 0) is 15.8 Å². The van der Waals surface area contributed by atoms with Gasteiger partial charge in [-0.2, -0.15) is 4.31 Å². The minimum absolute atomic E-state index is 0.263. The van der Waals surface area contributed by atoms with Gasteiger partial charge in [-0.05, 0) is 24.3 Å². The molecular weight excluding hydrogens is 382 g/mol. The molecule has 0 bridgehead atoms. The zero-order valence-corrected chi connectivity index (χ0v) is 16.7. The second-order valence-electron chi connectivity index (χ2n) is 6.68. The van der Waals surface area contributed by atoms with E-state index in [4.69, 9.17) is 0 Å². The molecule has 0 aliphatic carbocycles. The van der Waals surface area contributed by atoms with Crippen LogP contribution in [0.3, 0.4) is 0 Å². The molecule has 3 aromatic rings. The number of imidazole rings is 1. The van der Waals surface area contributed by atoms with E-state index in [0.717, 1.165) is 29.5 Å². The van der Waals surface area contributed by atoms with E-state index in [1.165, 1.54) is 11.1 Å². The van der Waals surface area contributed by atoms with Gasteiger partial charge in [-0.1, -0.05) is 17.8 Å². The maximum absolute atomic E-state index is 12.7. The lowest BCUT2D eigenvalue weighted by Crippen LogP contribution is -3.12. The highest BCUT2D eigenvalue weighted by Crippen LogP contribution is 2.23. The molecule has 142 valence electrons. The summed E-state index contributed by atoms with van der Waals surface area (Å²) in [4.78, 5) is 10.5. The highest BCUT2D eigenvalue weighted by molar-refractivity contribution is 7.98. The molecule has 0 radical (unpaired) electrons. The number of likely N-dealkylation sites (N-methyl/N-ethyl adjacent to an activating group) is 1. The van der Waals surface area contributed by atoms with Crippen molar-refractivity contribution in [2.24, 2.45) is 0 Å². The van der Waals surface area contributed by atoms with Crippen LogP contribution in [0.15, 0.2) is 58.8 Å². The van der Waals surface area contributed by atoms with Gasteiger partial charge >= 0.3 is 0 Å². The quantitative estimate of drug-likeness (QED) is 0.629. The number of quaternary nitrogens is 1. The van der Waals surface area contributed by atoms with Crippen molar-refractivity contribution in [3.63, 3.8) is 0 Å². The number of aromatic nitrogens is 3. The van der Waals surface area contributed by atoms with Crippen LogP contribution in [0.5, 0.6) is 0 Å². The zero-order valence-electron chi connectivity index (χ0n) is 15.1. The molecule has 1 fully saturated rings. The van der Waals surface area contributed by atoms with Crippen LogP contribution >= 0.6 is 11.8 Å². The highest BCUT2D eigenvalue weighted by Gasteiger charge is 2.29. The molecule has 4 rings (SSSR count). The Kier molecular flexibility index (Phi) is 5.18. The van der Waals surface area contributed by atoms with Crippen molar-refractivity contribution in [2.75, 3.05) is 33.2 Å². The summed E-state index contributed by atoms with van der Waals surface area (Å²) in [5.41, 5.74) is 1.88. The molecule has 1 aliphatic rings. The Bertz CT molecular complexity index is 992. The fraction of sp³-hybridized carbons (Fsp3) is 0.333. The van der Waals surface area contributed by atoms with Crippen LogP contribution in [-0.4, -0.2) is 60.3 Å². The van der Waals surface area contributed by atoms with Gasteiger partial charge in [0.05, 0.1) is 43.9 Å². The van der Waals surface area contributed by atoms with Gasteiger partial charge in [0.2, 0.25) is 10.0 Å². The van der Waals surface area contributed by atoms with Crippen LogP contribution in [0.1, 0.15) is 5.69 Å². The molecule has 0 spiro atoms. The van der Waals surface area contributed by atoms with Gasteiger partial charge in [0.15, 0.2) is 0 Å². The summed E-state index contributed by atoms with van der Waals surface area (Å²) in [5.74, 6) is 0.683. The zero-order chi connectivity index (χ0) is 18.9. The summed E-state index contributed by atoms with van der Waals surface area (Å²) >= 11 is 1.55. The number of thioether (sulfide) groups is 1. The van der Waals surface area contributed by atoms with Crippen molar-refractivity contribution in [1.29, 1.82) is 0 Å². The van der Waals surface area contributed by atoms with Gasteiger partial charge in [-0.3, -0.25) is 0 Å². The van der Waals surface area contributed by atoms with Gasteiger partial charge < -0.3 is 9.30 Å². The predicted octanol–water partition coefficient (Wildman–Crippen LogP) is 0.541. The Labute approximate surface area is 163 Å². The first-order valence-corrected chi connectivity index (χ1v) is 11.3. The first-order valence-electron chi connectivity index (χ1n) is 8.85. The van der Waals surface area contributed by atoms with Crippen molar-refractivity contribution >= 4 is 27.4 Å². The van der Waals surface area contributed by atoms with Crippen molar-refractivity contribution in [1.82, 2.24) is 18.7 Å². The molecule has 0 unspecified atom stereocenters. The maximum Gasteiger partial charge on any atom is 0.245 e. The fourth-order valence-electron chi connectivity index (χ4n) is 3.07. The lowest BCUT2D eigenvalue weighted by Gasteiger charge is -2.29. The first kappa shape index (κ1) is 18.4. The summed E-state index contributed by atoms with van der Waals surface area (Å²) in [6.45, 7) is 2.77. The van der Waals surface area contributed by atoms with E-state index in [0.29, 0.717) is 18.8 Å². The Balaban J connectivity index is 1.42. The molecule has 9 heteroatoms. The first-order chi connectivity index (χ1) is 13.0. The lowest BCUT2D eigenvalue weighted by molar-refractivity contribution is -0.883. The van der Waals surface area contributed by atoms with Crippen LogP contribution in [0.4, 0.5) is 0 Å². The molecule has 3 aromatic heterocycles. The minimum Gasteiger partial charge on any atom is -0.335 e. The second-order valence-corrected chi connectivity index (χ2v) is 9.61. The van der Waals surface area contributed by atoms with Gasteiger partial charge in [0, 0.05) is 24.3 Å². The number of rotatable bonds is 5. The van der Waals surface area contributed by atoms with E-state index in [-0.39, 0.29) is 4.90 Å². The van der Waals surface area contributed by atoms with Gasteiger partial charge in [-0.15, -0.1) is 0 Å². The number of sulfonamides is 1. The number of pyridine rings is 2. The van der Waals surface area contributed by atoms with Crippen molar-refractivity contribution in [2.45, 2.75) is 15.7 Å². The molecule has 1 saturated heterocycles. The Morgan fingerprint density at radius 1 is 1.19 bits per heavy atom. The molecular formula is C18H22N5O2S2+. The number of hydrogen-bond acceptors (Lipinski definition) is 5. The molecule has 0 atom stereocenters. The fourth-order valence-corrected chi connectivity index (χ4v) is 5.18. The van der Waals surface area contributed by atoms with Gasteiger partial charge in [-0.25, -0.2) is 18.4 Å². The third-order valence-corrected chi connectivity index (χ3v) is 7.56. The average Bonchev–Trinajstić information content (AvgIpc) is 3.10. The second kappa shape index (κ2) is 7.59. The monoisotopic (exact) mass is 404 g/mol. The molecule has 27 heavy (non-hydrogen) atoms. The minimum atomic E-state index is -3.45. The average molecular weight is 405 g/mol. The number of hydrogen-bond donors (Lipinski definition) is 1. The molecule has 0 amide bonds. The maximum atomic E-state index is 12.7. The third-order valence-electron chi connectivity index (χ3n) is 4.70. The van der Waals surface area contributed by atoms with Crippen molar-refractivity contribution in [3.8, 4) is 0 Å². The molecule has 7 nitrogen and oxygen atoms in total. The standard InChI is InChI=1S/C18H21N5O2S2/c1-21-8-10-23(11-9-21)27(24,25)16-5-6-18(19-12-16)26-14-15-13-22-7-3-2-4-17(22)20-15/h2-7,12-13H,8-11,14H2,1H3/p+1. The third kappa shape index (κ3) is 4.01. The van der Waals surface area contributed by atoms with E-state index in [1.54, 1.807) is 28.2 Å². The van der Waals surface area contributed by atoms with Crippen LogP contribution in [0.2, 0.25) is 0 Å². The summed E-state index contributed by atoms with van der Waals surface area (Å²) in [5, 5.41) is 0.786. The van der Waals surface area contributed by atoms with E-state index in [9.17, 15) is 8.42 Å². The summed E-state index contributed by atoms with van der Waals surface area (Å²) in [6, 6.07) is 9.32. The van der Waals surface area contributed by atoms with Crippen molar-refractivity contribution in [3.05, 3.63) is 54.6 Å². The largest absolute Gasteiger partial charge is 0.335 e. The molecule has 1 aliphatic heterocycles. The van der Waals surface area contributed by atoms with E-state index in [1.807, 2.05) is 35.0 Å².